The van der Waals surface area contributed by atoms with E-state index in [2.05, 4.69) is 15.9 Å². The van der Waals surface area contributed by atoms with E-state index in [4.69, 9.17) is 4.55 Å². The van der Waals surface area contributed by atoms with Crippen molar-refractivity contribution in [2.45, 2.75) is 25.2 Å². The molecule has 0 radical (unpaired) electrons. The Morgan fingerprint density at radius 2 is 1.94 bits per heavy atom. The Morgan fingerprint density at radius 3 is 2.38 bits per heavy atom. The van der Waals surface area contributed by atoms with E-state index in [1.807, 2.05) is 13.8 Å². The van der Waals surface area contributed by atoms with E-state index in [1.54, 1.807) is 12.1 Å². The summed E-state index contributed by atoms with van der Waals surface area (Å²) in [6.45, 7) is 3.99. The summed E-state index contributed by atoms with van der Waals surface area (Å²) in [5.74, 6) is 0.323. The molecule has 0 unspecified atom stereocenters. The molecular weight excluding hydrogens is 316 g/mol. The molecule has 0 aliphatic rings. The van der Waals surface area contributed by atoms with E-state index in [9.17, 15) is 8.42 Å². The molecule has 0 aliphatic carbocycles. The average molecular weight is 330 g/mol. The first-order valence-electron chi connectivity index (χ1n) is 4.57. The maximum Gasteiger partial charge on any atom is 0.294 e. The number of rotatable bonds is 3. The molecule has 0 aromatic heterocycles. The minimum absolute atomic E-state index is 0. The Kier molecular flexibility index (Phi) is 5.96. The molecule has 1 rings (SSSR count). The average Bonchev–Trinajstić information content (AvgIpc) is 2.05. The molecule has 1 N–H and O–H groups in total. The second kappa shape index (κ2) is 6.00. The third kappa shape index (κ3) is 4.05. The van der Waals surface area contributed by atoms with Crippen LogP contribution in [0.2, 0.25) is 0 Å². The van der Waals surface area contributed by atoms with Crippen molar-refractivity contribution in [3.05, 3.63) is 28.2 Å². The van der Waals surface area contributed by atoms with Gasteiger partial charge in [0.25, 0.3) is 10.1 Å². The van der Waals surface area contributed by atoms with Crippen molar-refractivity contribution in [2.24, 2.45) is 5.92 Å². The standard InChI is InChI=1S/C10H13BrO3S.ClH/c1-7(2)6-8-9(11)4-3-5-10(8)15(12,13)14;/h3-5,7H,6H2,1-2H3,(H,12,13,14);1H. The Balaban J connectivity index is 0.00000225. The number of hydrogen-bond acceptors (Lipinski definition) is 2. The van der Waals surface area contributed by atoms with Gasteiger partial charge in [0.05, 0.1) is 4.90 Å². The predicted molar refractivity (Wildman–Crippen MR) is 69.7 cm³/mol. The van der Waals surface area contributed by atoms with Gasteiger partial charge in [0.1, 0.15) is 0 Å². The van der Waals surface area contributed by atoms with Crippen LogP contribution >= 0.6 is 28.3 Å². The van der Waals surface area contributed by atoms with E-state index in [-0.39, 0.29) is 17.3 Å². The smallest absolute Gasteiger partial charge is 0.282 e. The highest BCUT2D eigenvalue weighted by Gasteiger charge is 2.17. The van der Waals surface area contributed by atoms with Gasteiger partial charge in [-0.3, -0.25) is 4.55 Å². The number of benzene rings is 1. The fourth-order valence-electron chi connectivity index (χ4n) is 1.39. The summed E-state index contributed by atoms with van der Waals surface area (Å²) in [7, 11) is -4.13. The van der Waals surface area contributed by atoms with Gasteiger partial charge in [-0.05, 0) is 30.0 Å². The summed E-state index contributed by atoms with van der Waals surface area (Å²) in [6, 6.07) is 4.78. The predicted octanol–water partition coefficient (Wildman–Crippen LogP) is 3.32. The molecule has 1 aromatic rings. The van der Waals surface area contributed by atoms with Crippen LogP contribution in [0.3, 0.4) is 0 Å². The summed E-state index contributed by atoms with van der Waals surface area (Å²) in [4.78, 5) is -0.00873. The molecule has 3 nitrogen and oxygen atoms in total. The van der Waals surface area contributed by atoms with Gasteiger partial charge in [0.15, 0.2) is 0 Å². The minimum Gasteiger partial charge on any atom is -0.282 e. The van der Waals surface area contributed by atoms with E-state index >= 15 is 0 Å². The van der Waals surface area contributed by atoms with Crippen LogP contribution < -0.4 is 0 Å². The Bertz CT molecular complexity index is 457. The van der Waals surface area contributed by atoms with Crippen molar-refractivity contribution >= 4 is 38.5 Å². The van der Waals surface area contributed by atoms with Crippen LogP contribution in [0.1, 0.15) is 19.4 Å². The Morgan fingerprint density at radius 1 is 1.38 bits per heavy atom. The topological polar surface area (TPSA) is 54.4 Å². The van der Waals surface area contributed by atoms with Crippen LogP contribution in [0.15, 0.2) is 27.6 Å². The highest BCUT2D eigenvalue weighted by Crippen LogP contribution is 2.26. The van der Waals surface area contributed by atoms with Crippen LogP contribution in [-0.4, -0.2) is 13.0 Å². The van der Waals surface area contributed by atoms with Gasteiger partial charge in [0, 0.05) is 4.47 Å². The van der Waals surface area contributed by atoms with Crippen LogP contribution in [0.25, 0.3) is 0 Å². The summed E-state index contributed by atoms with van der Waals surface area (Å²) in [6.07, 6.45) is 0.608. The van der Waals surface area contributed by atoms with Crippen LogP contribution in [0.4, 0.5) is 0 Å². The minimum atomic E-state index is -4.13. The Labute approximate surface area is 111 Å². The molecule has 0 fully saturated rings. The van der Waals surface area contributed by atoms with Gasteiger partial charge >= 0.3 is 0 Å². The first kappa shape index (κ1) is 15.9. The van der Waals surface area contributed by atoms with Crippen molar-refractivity contribution < 1.29 is 13.0 Å². The first-order chi connectivity index (χ1) is 6.82. The highest BCUT2D eigenvalue weighted by atomic mass is 79.9. The zero-order valence-electron chi connectivity index (χ0n) is 8.97. The van der Waals surface area contributed by atoms with E-state index in [1.165, 1.54) is 6.07 Å². The maximum atomic E-state index is 11.1. The molecule has 0 saturated heterocycles. The molecule has 0 bridgehead atoms. The SMILES string of the molecule is CC(C)Cc1c(Br)cccc1S(=O)(=O)O.Cl. The summed E-state index contributed by atoms with van der Waals surface area (Å²) >= 11 is 3.29. The zero-order valence-corrected chi connectivity index (χ0v) is 12.2. The van der Waals surface area contributed by atoms with Gasteiger partial charge in [-0.15, -0.1) is 12.4 Å². The van der Waals surface area contributed by atoms with Crippen LogP contribution in [0, 0.1) is 5.92 Å². The largest absolute Gasteiger partial charge is 0.294 e. The lowest BCUT2D eigenvalue weighted by atomic mass is 10.0. The third-order valence-corrected chi connectivity index (χ3v) is 3.65. The monoisotopic (exact) mass is 328 g/mol. The van der Waals surface area contributed by atoms with E-state index < -0.39 is 10.1 Å². The highest BCUT2D eigenvalue weighted by molar-refractivity contribution is 9.10. The summed E-state index contributed by atoms with van der Waals surface area (Å²) < 4.78 is 32.0. The van der Waals surface area contributed by atoms with Crippen molar-refractivity contribution in [3.8, 4) is 0 Å². The van der Waals surface area contributed by atoms with E-state index in [0.29, 0.717) is 22.4 Å². The molecule has 92 valence electrons. The van der Waals surface area contributed by atoms with Crippen molar-refractivity contribution in [1.29, 1.82) is 0 Å². The summed E-state index contributed by atoms with van der Waals surface area (Å²) in [5.41, 5.74) is 0.634. The zero-order chi connectivity index (χ0) is 11.6. The van der Waals surface area contributed by atoms with Gasteiger partial charge in [-0.1, -0.05) is 35.8 Å². The molecule has 0 spiro atoms. The lowest BCUT2D eigenvalue weighted by Crippen LogP contribution is -2.06. The van der Waals surface area contributed by atoms with Gasteiger partial charge in [-0.2, -0.15) is 8.42 Å². The lowest BCUT2D eigenvalue weighted by Gasteiger charge is -2.11. The summed E-state index contributed by atoms with van der Waals surface area (Å²) in [5, 5.41) is 0. The molecular formula is C10H14BrClO3S. The van der Waals surface area contributed by atoms with Gasteiger partial charge in [0.2, 0.25) is 0 Å². The molecule has 0 saturated carbocycles. The van der Waals surface area contributed by atoms with Gasteiger partial charge < -0.3 is 0 Å². The Hall–Kier alpha value is -0.100. The maximum absolute atomic E-state index is 11.1. The fraction of sp³-hybridized carbons (Fsp3) is 0.400. The fourth-order valence-corrected chi connectivity index (χ4v) is 2.80. The van der Waals surface area contributed by atoms with Crippen molar-refractivity contribution in [3.63, 3.8) is 0 Å². The molecule has 0 heterocycles. The molecule has 0 atom stereocenters. The second-order valence-corrected chi connectivity index (χ2v) is 6.03. The third-order valence-electron chi connectivity index (χ3n) is 1.97. The second-order valence-electron chi connectivity index (χ2n) is 3.79. The van der Waals surface area contributed by atoms with E-state index in [0.717, 1.165) is 0 Å². The molecule has 16 heavy (non-hydrogen) atoms. The van der Waals surface area contributed by atoms with Crippen molar-refractivity contribution in [2.75, 3.05) is 0 Å². The van der Waals surface area contributed by atoms with Crippen LogP contribution in [0.5, 0.6) is 0 Å². The molecule has 6 heteroatoms. The quantitative estimate of drug-likeness (QED) is 0.866. The first-order valence-corrected chi connectivity index (χ1v) is 6.80. The molecule has 0 amide bonds. The van der Waals surface area contributed by atoms with Gasteiger partial charge in [-0.25, -0.2) is 0 Å². The lowest BCUT2D eigenvalue weighted by molar-refractivity contribution is 0.481. The normalized spacial score (nSPS) is 11.3. The number of hydrogen-bond donors (Lipinski definition) is 1. The molecule has 1 aromatic carbocycles. The number of halogens is 2. The van der Waals surface area contributed by atoms with Crippen molar-refractivity contribution in [1.82, 2.24) is 0 Å². The van der Waals surface area contributed by atoms with Crippen LogP contribution in [-0.2, 0) is 16.5 Å². The molecule has 0 aliphatic heterocycles.